The van der Waals surface area contributed by atoms with Crippen molar-refractivity contribution in [1.82, 2.24) is 5.32 Å². The van der Waals surface area contributed by atoms with Gasteiger partial charge in [0.25, 0.3) is 0 Å². The van der Waals surface area contributed by atoms with E-state index in [-0.39, 0.29) is 11.9 Å². The molecular weight excluding hydrogens is 200 g/mol. The number of nitrogens with one attached hydrogen (secondary N) is 1. The monoisotopic (exact) mass is 218 g/mol. The molecule has 0 bridgehead atoms. The van der Waals surface area contributed by atoms with Gasteiger partial charge in [0, 0.05) is 6.42 Å². The van der Waals surface area contributed by atoms with E-state index in [9.17, 15) is 9.59 Å². The van der Waals surface area contributed by atoms with Crippen LogP contribution < -0.4 is 11.1 Å². The van der Waals surface area contributed by atoms with Crippen LogP contribution in [0.2, 0.25) is 0 Å². The van der Waals surface area contributed by atoms with Crippen molar-refractivity contribution in [1.29, 1.82) is 0 Å². The normalized spacial score (nSPS) is 12.1. The second-order valence-corrected chi connectivity index (χ2v) is 3.52. The standard InChI is InChI=1S/C9H18N2O2S/c10-5-2-1-3-8(7-12)11-9(13)4-6-14/h7-8,14H,1-6,10H2,(H,11,13). The lowest BCUT2D eigenvalue weighted by molar-refractivity contribution is -0.123. The van der Waals surface area contributed by atoms with Crippen LogP contribution in [0.4, 0.5) is 0 Å². The van der Waals surface area contributed by atoms with Crippen LogP contribution in [-0.4, -0.2) is 30.5 Å². The summed E-state index contributed by atoms with van der Waals surface area (Å²) in [6.07, 6.45) is 3.53. The Morgan fingerprint density at radius 1 is 1.50 bits per heavy atom. The molecule has 4 nitrogen and oxygen atoms in total. The van der Waals surface area contributed by atoms with Gasteiger partial charge in [-0.1, -0.05) is 0 Å². The number of carbonyl (C=O) groups excluding carboxylic acids is 2. The van der Waals surface area contributed by atoms with E-state index in [4.69, 9.17) is 5.73 Å². The summed E-state index contributed by atoms with van der Waals surface area (Å²) in [6.45, 7) is 0.621. The molecule has 3 N–H and O–H groups in total. The number of amides is 1. The molecule has 82 valence electrons. The first-order valence-corrected chi connectivity index (χ1v) is 5.43. The molecule has 0 aliphatic rings. The van der Waals surface area contributed by atoms with Gasteiger partial charge in [0.1, 0.15) is 6.29 Å². The molecule has 0 radical (unpaired) electrons. The van der Waals surface area contributed by atoms with E-state index in [1.54, 1.807) is 0 Å². The molecule has 14 heavy (non-hydrogen) atoms. The molecule has 0 aromatic heterocycles. The van der Waals surface area contributed by atoms with Gasteiger partial charge in [0.2, 0.25) is 5.91 Å². The molecule has 0 rings (SSSR count). The first kappa shape index (κ1) is 13.4. The van der Waals surface area contributed by atoms with Crippen molar-refractivity contribution >= 4 is 24.8 Å². The Kier molecular flexibility index (Phi) is 8.67. The molecule has 0 spiro atoms. The van der Waals surface area contributed by atoms with E-state index in [2.05, 4.69) is 17.9 Å². The van der Waals surface area contributed by atoms with Crippen LogP contribution in [0.5, 0.6) is 0 Å². The van der Waals surface area contributed by atoms with E-state index in [1.807, 2.05) is 0 Å². The first-order chi connectivity index (χ1) is 6.74. The van der Waals surface area contributed by atoms with Gasteiger partial charge in [-0.05, 0) is 31.6 Å². The van der Waals surface area contributed by atoms with Crippen molar-refractivity contribution in [3.8, 4) is 0 Å². The van der Waals surface area contributed by atoms with Crippen molar-refractivity contribution in [2.75, 3.05) is 12.3 Å². The summed E-state index contributed by atoms with van der Waals surface area (Å²) in [5.41, 5.74) is 5.32. The summed E-state index contributed by atoms with van der Waals surface area (Å²) in [5, 5.41) is 2.63. The third kappa shape index (κ3) is 6.91. The van der Waals surface area contributed by atoms with Gasteiger partial charge >= 0.3 is 0 Å². The number of hydrogen-bond donors (Lipinski definition) is 3. The lowest BCUT2D eigenvalue weighted by Crippen LogP contribution is -2.36. The number of aldehydes is 1. The van der Waals surface area contributed by atoms with E-state index in [1.165, 1.54) is 0 Å². The number of hydrogen-bond acceptors (Lipinski definition) is 4. The average Bonchev–Trinajstić information content (AvgIpc) is 2.17. The molecule has 0 aliphatic heterocycles. The summed E-state index contributed by atoms with van der Waals surface area (Å²) < 4.78 is 0. The number of thiol groups is 1. The lowest BCUT2D eigenvalue weighted by Gasteiger charge is -2.11. The van der Waals surface area contributed by atoms with Crippen LogP contribution in [-0.2, 0) is 9.59 Å². The van der Waals surface area contributed by atoms with Gasteiger partial charge in [-0.2, -0.15) is 12.6 Å². The molecule has 1 atom stereocenters. The maximum Gasteiger partial charge on any atom is 0.221 e. The van der Waals surface area contributed by atoms with Gasteiger partial charge < -0.3 is 15.8 Å². The quantitative estimate of drug-likeness (QED) is 0.308. The predicted molar refractivity (Wildman–Crippen MR) is 59.4 cm³/mol. The Hall–Kier alpha value is -0.550. The molecule has 0 aromatic rings. The highest BCUT2D eigenvalue weighted by atomic mass is 32.1. The topological polar surface area (TPSA) is 72.2 Å². The second-order valence-electron chi connectivity index (χ2n) is 3.07. The van der Waals surface area contributed by atoms with E-state index in [0.717, 1.165) is 19.1 Å². The Labute approximate surface area is 90.0 Å². The fourth-order valence-electron chi connectivity index (χ4n) is 1.06. The molecule has 0 aromatic carbocycles. The van der Waals surface area contributed by atoms with Crippen molar-refractivity contribution in [3.05, 3.63) is 0 Å². The minimum Gasteiger partial charge on any atom is -0.347 e. The fraction of sp³-hybridized carbons (Fsp3) is 0.778. The van der Waals surface area contributed by atoms with Gasteiger partial charge in [-0.15, -0.1) is 0 Å². The van der Waals surface area contributed by atoms with E-state index in [0.29, 0.717) is 25.1 Å². The first-order valence-electron chi connectivity index (χ1n) is 4.80. The predicted octanol–water partition coefficient (Wildman–Crippen LogP) is 0.119. The minimum absolute atomic E-state index is 0.121. The van der Waals surface area contributed by atoms with Crippen molar-refractivity contribution in [3.63, 3.8) is 0 Å². The average molecular weight is 218 g/mol. The number of carbonyl (C=O) groups is 2. The Morgan fingerprint density at radius 3 is 2.71 bits per heavy atom. The summed E-state index contributed by atoms with van der Waals surface area (Å²) in [6, 6.07) is -0.367. The zero-order valence-electron chi connectivity index (χ0n) is 8.24. The molecule has 0 saturated heterocycles. The molecule has 0 saturated carbocycles. The number of unbranched alkanes of at least 4 members (excludes halogenated alkanes) is 1. The highest BCUT2D eigenvalue weighted by Crippen LogP contribution is 1.98. The fourth-order valence-corrected chi connectivity index (χ4v) is 1.27. The molecular formula is C9H18N2O2S. The van der Waals surface area contributed by atoms with Crippen LogP contribution in [0.25, 0.3) is 0 Å². The Balaban J connectivity index is 3.67. The smallest absolute Gasteiger partial charge is 0.221 e. The third-order valence-electron chi connectivity index (χ3n) is 1.82. The summed E-state index contributed by atoms with van der Waals surface area (Å²) >= 11 is 3.93. The van der Waals surface area contributed by atoms with Crippen LogP contribution >= 0.6 is 12.6 Å². The number of nitrogens with two attached hydrogens (primary N) is 1. The van der Waals surface area contributed by atoms with Crippen LogP contribution in [0, 0.1) is 0 Å². The molecule has 5 heteroatoms. The van der Waals surface area contributed by atoms with Gasteiger partial charge in [0.15, 0.2) is 0 Å². The molecule has 0 aliphatic carbocycles. The Bertz CT molecular complexity index is 176. The molecule has 1 amide bonds. The van der Waals surface area contributed by atoms with Crippen LogP contribution in [0.15, 0.2) is 0 Å². The lowest BCUT2D eigenvalue weighted by atomic mass is 10.1. The molecule has 1 unspecified atom stereocenters. The van der Waals surface area contributed by atoms with Crippen LogP contribution in [0.1, 0.15) is 25.7 Å². The summed E-state index contributed by atoms with van der Waals surface area (Å²) in [4.78, 5) is 21.7. The summed E-state index contributed by atoms with van der Waals surface area (Å²) in [5.74, 6) is 0.380. The highest BCUT2D eigenvalue weighted by molar-refractivity contribution is 7.80. The summed E-state index contributed by atoms with van der Waals surface area (Å²) in [7, 11) is 0. The molecule has 0 fully saturated rings. The second kappa shape index (κ2) is 9.02. The van der Waals surface area contributed by atoms with Gasteiger partial charge in [0.05, 0.1) is 6.04 Å². The maximum atomic E-state index is 11.1. The molecule has 0 heterocycles. The van der Waals surface area contributed by atoms with E-state index < -0.39 is 0 Å². The van der Waals surface area contributed by atoms with Crippen molar-refractivity contribution in [2.24, 2.45) is 5.73 Å². The highest BCUT2D eigenvalue weighted by Gasteiger charge is 2.09. The van der Waals surface area contributed by atoms with Crippen molar-refractivity contribution < 1.29 is 9.59 Å². The van der Waals surface area contributed by atoms with Crippen LogP contribution in [0.3, 0.4) is 0 Å². The van der Waals surface area contributed by atoms with Gasteiger partial charge in [-0.25, -0.2) is 0 Å². The number of rotatable bonds is 8. The largest absolute Gasteiger partial charge is 0.347 e. The zero-order chi connectivity index (χ0) is 10.8. The third-order valence-corrected chi connectivity index (χ3v) is 2.04. The van der Waals surface area contributed by atoms with Gasteiger partial charge in [-0.3, -0.25) is 4.79 Å². The minimum atomic E-state index is -0.367. The zero-order valence-corrected chi connectivity index (χ0v) is 9.13. The Morgan fingerprint density at radius 2 is 2.21 bits per heavy atom. The van der Waals surface area contributed by atoms with E-state index >= 15 is 0 Å². The maximum absolute atomic E-state index is 11.1. The van der Waals surface area contributed by atoms with Crippen molar-refractivity contribution in [2.45, 2.75) is 31.7 Å². The SMILES string of the molecule is NCCCCC(C=O)NC(=O)CCS.